The average Bonchev–Trinajstić information content (AvgIpc) is 2.50. The van der Waals surface area contributed by atoms with Gasteiger partial charge in [-0.05, 0) is 31.5 Å². The number of halogens is 1. The van der Waals surface area contributed by atoms with Crippen LogP contribution in [0.5, 0.6) is 11.5 Å². The summed E-state index contributed by atoms with van der Waals surface area (Å²) >= 11 is 0. The van der Waals surface area contributed by atoms with Gasteiger partial charge in [0.05, 0.1) is 12.4 Å². The van der Waals surface area contributed by atoms with Gasteiger partial charge in [-0.25, -0.2) is 14.4 Å². The molecule has 1 N–H and O–H groups in total. The quantitative estimate of drug-likeness (QED) is 0.938. The van der Waals surface area contributed by atoms with Gasteiger partial charge >= 0.3 is 0 Å². The van der Waals surface area contributed by atoms with Crippen molar-refractivity contribution in [2.75, 3.05) is 6.54 Å². The minimum Gasteiger partial charge on any atom is -0.454 e. The molecule has 0 amide bonds. The Balaban J connectivity index is 1.61. The monoisotopic (exact) mass is 287 g/mol. The standard InChI is InChI=1S/C16H18FN3O/c17-12-4-3-6-14(8-12)21-15-10-19-16(20-11-15)9-13-5-1-2-7-18-13/h3-4,6,8,10-11,13,18H,1-2,5,7,9H2. The molecule has 21 heavy (non-hydrogen) atoms. The van der Waals surface area contributed by atoms with E-state index in [1.54, 1.807) is 24.5 Å². The number of rotatable bonds is 4. The molecule has 2 heterocycles. The van der Waals surface area contributed by atoms with Gasteiger partial charge in [-0.1, -0.05) is 12.5 Å². The number of nitrogens with zero attached hydrogens (tertiary/aromatic N) is 2. The normalized spacial score (nSPS) is 18.4. The lowest BCUT2D eigenvalue weighted by atomic mass is 10.0. The minimum absolute atomic E-state index is 0.326. The third-order valence-corrected chi connectivity index (χ3v) is 3.55. The van der Waals surface area contributed by atoms with E-state index in [-0.39, 0.29) is 5.82 Å². The molecule has 1 aromatic heterocycles. The van der Waals surface area contributed by atoms with Crippen LogP contribution in [0.4, 0.5) is 4.39 Å². The van der Waals surface area contributed by atoms with Gasteiger partial charge < -0.3 is 10.1 Å². The van der Waals surface area contributed by atoms with Gasteiger partial charge in [0, 0.05) is 18.5 Å². The number of nitrogens with one attached hydrogen (secondary N) is 1. The maximum Gasteiger partial charge on any atom is 0.164 e. The van der Waals surface area contributed by atoms with Crippen molar-refractivity contribution in [2.45, 2.75) is 31.7 Å². The molecule has 1 aromatic carbocycles. The van der Waals surface area contributed by atoms with E-state index in [4.69, 9.17) is 4.74 Å². The van der Waals surface area contributed by atoms with Gasteiger partial charge in [-0.2, -0.15) is 0 Å². The summed E-state index contributed by atoms with van der Waals surface area (Å²) in [5, 5.41) is 3.48. The maximum atomic E-state index is 13.1. The van der Waals surface area contributed by atoms with Crippen molar-refractivity contribution in [2.24, 2.45) is 0 Å². The van der Waals surface area contributed by atoms with Crippen molar-refractivity contribution in [1.29, 1.82) is 0 Å². The molecule has 0 bridgehead atoms. The van der Waals surface area contributed by atoms with Crippen LogP contribution in [0.1, 0.15) is 25.1 Å². The van der Waals surface area contributed by atoms with Crippen molar-refractivity contribution in [1.82, 2.24) is 15.3 Å². The second kappa shape index (κ2) is 6.63. The van der Waals surface area contributed by atoms with E-state index < -0.39 is 0 Å². The predicted molar refractivity (Wildman–Crippen MR) is 77.9 cm³/mol. The molecule has 1 unspecified atom stereocenters. The predicted octanol–water partition coefficient (Wildman–Crippen LogP) is 3.09. The van der Waals surface area contributed by atoms with Gasteiger partial charge in [0.25, 0.3) is 0 Å². The number of ether oxygens (including phenoxy) is 1. The van der Waals surface area contributed by atoms with E-state index in [2.05, 4.69) is 15.3 Å². The van der Waals surface area contributed by atoms with E-state index in [0.29, 0.717) is 17.5 Å². The summed E-state index contributed by atoms with van der Waals surface area (Å²) in [6.45, 7) is 1.07. The maximum absolute atomic E-state index is 13.1. The number of hydrogen-bond donors (Lipinski definition) is 1. The third kappa shape index (κ3) is 3.98. The molecule has 1 saturated heterocycles. The molecule has 0 saturated carbocycles. The van der Waals surface area contributed by atoms with Gasteiger partial charge in [0.2, 0.25) is 0 Å². The molecule has 0 aliphatic carbocycles. The molecule has 0 spiro atoms. The molecular formula is C16H18FN3O. The zero-order valence-corrected chi connectivity index (χ0v) is 11.8. The largest absolute Gasteiger partial charge is 0.454 e. The van der Waals surface area contributed by atoms with Crippen LogP contribution in [0.25, 0.3) is 0 Å². The highest BCUT2D eigenvalue weighted by molar-refractivity contribution is 5.28. The second-order valence-corrected chi connectivity index (χ2v) is 5.25. The van der Waals surface area contributed by atoms with Gasteiger partial charge in [0.15, 0.2) is 5.75 Å². The SMILES string of the molecule is Fc1cccc(Oc2cnc(CC3CCCCN3)nc2)c1. The Hall–Kier alpha value is -2.01. The van der Waals surface area contributed by atoms with E-state index in [1.165, 1.54) is 31.4 Å². The molecule has 1 aliphatic heterocycles. The fraction of sp³-hybridized carbons (Fsp3) is 0.375. The molecular weight excluding hydrogens is 269 g/mol. The molecule has 0 radical (unpaired) electrons. The third-order valence-electron chi connectivity index (χ3n) is 3.55. The van der Waals surface area contributed by atoms with E-state index in [9.17, 15) is 4.39 Å². The molecule has 1 aliphatic rings. The summed E-state index contributed by atoms with van der Waals surface area (Å²) in [4.78, 5) is 8.64. The van der Waals surface area contributed by atoms with Crippen LogP contribution in [0, 0.1) is 5.82 Å². The first-order chi connectivity index (χ1) is 10.3. The summed E-state index contributed by atoms with van der Waals surface area (Å²) in [5.74, 6) is 1.44. The van der Waals surface area contributed by atoms with Gasteiger partial charge in [-0.15, -0.1) is 0 Å². The summed E-state index contributed by atoms with van der Waals surface area (Å²) in [7, 11) is 0. The number of aromatic nitrogens is 2. The number of hydrogen-bond acceptors (Lipinski definition) is 4. The van der Waals surface area contributed by atoms with Crippen molar-refractivity contribution in [3.05, 3.63) is 48.3 Å². The van der Waals surface area contributed by atoms with E-state index >= 15 is 0 Å². The molecule has 1 atom stereocenters. The highest BCUT2D eigenvalue weighted by Crippen LogP contribution is 2.20. The van der Waals surface area contributed by atoms with Gasteiger partial charge in [0.1, 0.15) is 17.4 Å². The molecule has 3 rings (SSSR count). The molecule has 2 aromatic rings. The van der Waals surface area contributed by atoms with Crippen LogP contribution in [0.3, 0.4) is 0 Å². The van der Waals surface area contributed by atoms with Crippen LogP contribution >= 0.6 is 0 Å². The van der Waals surface area contributed by atoms with Crippen LogP contribution in [0.2, 0.25) is 0 Å². The lowest BCUT2D eigenvalue weighted by Crippen LogP contribution is -2.36. The second-order valence-electron chi connectivity index (χ2n) is 5.25. The minimum atomic E-state index is -0.326. The number of benzene rings is 1. The average molecular weight is 287 g/mol. The number of piperidine rings is 1. The van der Waals surface area contributed by atoms with Crippen molar-refractivity contribution in [3.8, 4) is 11.5 Å². The smallest absolute Gasteiger partial charge is 0.164 e. The Kier molecular flexibility index (Phi) is 4.40. The van der Waals surface area contributed by atoms with Crippen molar-refractivity contribution >= 4 is 0 Å². The zero-order chi connectivity index (χ0) is 14.5. The summed E-state index contributed by atoms with van der Waals surface area (Å²) in [6.07, 6.45) is 7.79. The van der Waals surface area contributed by atoms with Crippen LogP contribution in [0.15, 0.2) is 36.7 Å². The Morgan fingerprint density at radius 3 is 2.76 bits per heavy atom. The Labute approximate surface area is 123 Å². The zero-order valence-electron chi connectivity index (χ0n) is 11.8. The van der Waals surface area contributed by atoms with Crippen molar-refractivity contribution in [3.63, 3.8) is 0 Å². The molecule has 5 heteroatoms. The van der Waals surface area contributed by atoms with E-state index in [1.807, 2.05) is 0 Å². The summed E-state index contributed by atoms with van der Waals surface area (Å²) < 4.78 is 18.6. The van der Waals surface area contributed by atoms with Gasteiger partial charge in [-0.3, -0.25) is 0 Å². The Bertz CT molecular complexity index is 582. The first-order valence-corrected chi connectivity index (χ1v) is 7.27. The highest BCUT2D eigenvalue weighted by atomic mass is 19.1. The van der Waals surface area contributed by atoms with Crippen LogP contribution in [-0.4, -0.2) is 22.6 Å². The molecule has 110 valence electrons. The molecule has 1 fully saturated rings. The summed E-state index contributed by atoms with van der Waals surface area (Å²) in [6, 6.07) is 6.48. The fourth-order valence-corrected chi connectivity index (χ4v) is 2.49. The Morgan fingerprint density at radius 1 is 1.19 bits per heavy atom. The first kappa shape index (κ1) is 13.9. The lowest BCUT2D eigenvalue weighted by molar-refractivity contribution is 0.393. The highest BCUT2D eigenvalue weighted by Gasteiger charge is 2.14. The lowest BCUT2D eigenvalue weighted by Gasteiger charge is -2.22. The Morgan fingerprint density at radius 2 is 2.05 bits per heavy atom. The van der Waals surface area contributed by atoms with Crippen molar-refractivity contribution < 1.29 is 9.13 Å². The summed E-state index contributed by atoms with van der Waals surface area (Å²) in [5.41, 5.74) is 0. The van der Waals surface area contributed by atoms with Crippen LogP contribution < -0.4 is 10.1 Å². The topological polar surface area (TPSA) is 47.0 Å². The first-order valence-electron chi connectivity index (χ1n) is 7.27. The fourth-order valence-electron chi connectivity index (χ4n) is 2.49. The van der Waals surface area contributed by atoms with E-state index in [0.717, 1.165) is 18.8 Å². The molecule has 4 nitrogen and oxygen atoms in total. The van der Waals surface area contributed by atoms with Crippen LogP contribution in [-0.2, 0) is 6.42 Å².